The number of amides is 2. The van der Waals surface area contributed by atoms with Gasteiger partial charge in [0.15, 0.2) is 0 Å². The lowest BCUT2D eigenvalue weighted by Crippen LogP contribution is -2.26. The van der Waals surface area contributed by atoms with E-state index in [0.29, 0.717) is 18.7 Å². The number of carboxylic acids is 1. The molecule has 0 saturated heterocycles. The van der Waals surface area contributed by atoms with Crippen molar-refractivity contribution in [3.8, 4) is 0 Å². The van der Waals surface area contributed by atoms with Crippen molar-refractivity contribution in [2.75, 3.05) is 22.7 Å². The van der Waals surface area contributed by atoms with Crippen molar-refractivity contribution in [1.29, 1.82) is 0 Å². The van der Waals surface area contributed by atoms with Crippen LogP contribution >= 0.6 is 0 Å². The lowest BCUT2D eigenvalue weighted by molar-refractivity contribution is -0.136. The Bertz CT molecular complexity index is 1100. The van der Waals surface area contributed by atoms with Crippen LogP contribution in [0.25, 0.3) is 0 Å². The maximum Gasteiger partial charge on any atom is 0.305 e. The standard InChI is InChI=1S/C20H21N3O6S/c1-13(24)23-11-9-14-4-7-17(12-18(14)23)30(28,29)22-16-5-2-15(3-6-16)20(27)21-10-8-19(25)26/h2-7,12,22H,8-11H2,1H3,(H,21,27)(H,25,26). The first-order valence-corrected chi connectivity index (χ1v) is 10.7. The van der Waals surface area contributed by atoms with Gasteiger partial charge < -0.3 is 15.3 Å². The number of aliphatic carboxylic acids is 1. The largest absolute Gasteiger partial charge is 0.481 e. The quantitative estimate of drug-likeness (QED) is 0.610. The molecule has 30 heavy (non-hydrogen) atoms. The number of hydrogen-bond donors (Lipinski definition) is 3. The van der Waals surface area contributed by atoms with Crippen molar-refractivity contribution >= 4 is 39.2 Å². The van der Waals surface area contributed by atoms with Gasteiger partial charge in [-0.3, -0.25) is 19.1 Å². The molecule has 0 aromatic heterocycles. The summed E-state index contributed by atoms with van der Waals surface area (Å²) in [6, 6.07) is 10.4. The van der Waals surface area contributed by atoms with Crippen molar-refractivity contribution in [3.05, 3.63) is 53.6 Å². The van der Waals surface area contributed by atoms with Crippen LogP contribution in [0.15, 0.2) is 47.4 Å². The number of nitrogens with one attached hydrogen (secondary N) is 2. The zero-order valence-corrected chi connectivity index (χ0v) is 17.0. The Morgan fingerprint density at radius 1 is 1.10 bits per heavy atom. The van der Waals surface area contributed by atoms with Gasteiger partial charge >= 0.3 is 5.97 Å². The SMILES string of the molecule is CC(=O)N1CCc2ccc(S(=O)(=O)Nc3ccc(C(=O)NCCC(=O)O)cc3)cc21. The highest BCUT2D eigenvalue weighted by molar-refractivity contribution is 7.92. The van der Waals surface area contributed by atoms with Crippen LogP contribution < -0.4 is 14.9 Å². The number of anilines is 2. The Morgan fingerprint density at radius 2 is 1.80 bits per heavy atom. The Morgan fingerprint density at radius 3 is 2.43 bits per heavy atom. The molecule has 0 fully saturated rings. The average Bonchev–Trinajstić information content (AvgIpc) is 3.11. The second-order valence-corrected chi connectivity index (χ2v) is 8.48. The van der Waals surface area contributed by atoms with Crippen molar-refractivity contribution in [3.63, 3.8) is 0 Å². The molecule has 9 nitrogen and oxygen atoms in total. The van der Waals surface area contributed by atoms with Crippen LogP contribution in [0.5, 0.6) is 0 Å². The van der Waals surface area contributed by atoms with Crippen LogP contribution in [0.4, 0.5) is 11.4 Å². The molecule has 0 atom stereocenters. The van der Waals surface area contributed by atoms with E-state index in [1.807, 2.05) is 0 Å². The van der Waals surface area contributed by atoms with Gasteiger partial charge in [0.2, 0.25) is 5.91 Å². The van der Waals surface area contributed by atoms with E-state index in [2.05, 4.69) is 10.0 Å². The number of rotatable bonds is 7. The van der Waals surface area contributed by atoms with Crippen LogP contribution in [-0.2, 0) is 26.0 Å². The molecule has 0 aliphatic carbocycles. The summed E-state index contributed by atoms with van der Waals surface area (Å²) in [4.78, 5) is 35.8. The highest BCUT2D eigenvalue weighted by Crippen LogP contribution is 2.31. The van der Waals surface area contributed by atoms with Gasteiger partial charge in [-0.1, -0.05) is 6.07 Å². The van der Waals surface area contributed by atoms with E-state index in [9.17, 15) is 22.8 Å². The molecule has 0 radical (unpaired) electrons. The van der Waals surface area contributed by atoms with Crippen LogP contribution in [0.1, 0.15) is 29.3 Å². The van der Waals surface area contributed by atoms with Gasteiger partial charge in [0, 0.05) is 37.0 Å². The normalized spacial score (nSPS) is 12.9. The predicted molar refractivity (Wildman–Crippen MR) is 110 cm³/mol. The summed E-state index contributed by atoms with van der Waals surface area (Å²) < 4.78 is 28.0. The summed E-state index contributed by atoms with van der Waals surface area (Å²) in [5.74, 6) is -1.61. The maximum absolute atomic E-state index is 12.8. The summed E-state index contributed by atoms with van der Waals surface area (Å²) in [6.45, 7) is 1.96. The second kappa shape index (κ2) is 8.54. The third-order valence-electron chi connectivity index (χ3n) is 4.67. The summed E-state index contributed by atoms with van der Waals surface area (Å²) in [5, 5.41) is 11.1. The molecule has 2 aromatic rings. The van der Waals surface area contributed by atoms with Gasteiger partial charge in [0.25, 0.3) is 15.9 Å². The lowest BCUT2D eigenvalue weighted by Gasteiger charge is -2.16. The Kier molecular flexibility index (Phi) is 6.06. The molecule has 158 valence electrons. The first-order valence-electron chi connectivity index (χ1n) is 9.21. The molecule has 0 bridgehead atoms. The monoisotopic (exact) mass is 431 g/mol. The molecule has 2 amide bonds. The smallest absolute Gasteiger partial charge is 0.305 e. The number of carboxylic acid groups (broad SMARTS) is 1. The first-order chi connectivity index (χ1) is 14.2. The minimum Gasteiger partial charge on any atom is -0.481 e. The number of carbonyl (C=O) groups excluding carboxylic acids is 2. The summed E-state index contributed by atoms with van der Waals surface area (Å²) in [7, 11) is -3.89. The van der Waals surface area contributed by atoms with Crippen LogP contribution in [0.3, 0.4) is 0 Å². The molecule has 2 aromatic carbocycles. The number of carbonyl (C=O) groups is 3. The summed E-state index contributed by atoms with van der Waals surface area (Å²) in [6.07, 6.45) is 0.490. The minimum atomic E-state index is -3.89. The number of fused-ring (bicyclic) bond motifs is 1. The lowest BCUT2D eigenvalue weighted by atomic mass is 10.2. The van der Waals surface area contributed by atoms with Gasteiger partial charge in [0.05, 0.1) is 11.3 Å². The Hall–Kier alpha value is -3.40. The van der Waals surface area contributed by atoms with E-state index in [1.54, 1.807) is 11.0 Å². The highest BCUT2D eigenvalue weighted by atomic mass is 32.2. The molecular weight excluding hydrogens is 410 g/mol. The van der Waals surface area contributed by atoms with Gasteiger partial charge in [0.1, 0.15) is 0 Å². The maximum atomic E-state index is 12.8. The van der Waals surface area contributed by atoms with Gasteiger partial charge in [-0.25, -0.2) is 8.42 Å². The topological polar surface area (TPSA) is 133 Å². The fourth-order valence-electron chi connectivity index (χ4n) is 3.14. The number of benzene rings is 2. The zero-order chi connectivity index (χ0) is 21.9. The van der Waals surface area contributed by atoms with E-state index in [-0.39, 0.29) is 35.0 Å². The fourth-order valence-corrected chi connectivity index (χ4v) is 4.22. The molecule has 1 aliphatic rings. The molecule has 1 aliphatic heterocycles. The Balaban J connectivity index is 1.72. The first kappa shape index (κ1) is 21.3. The number of hydrogen-bond acceptors (Lipinski definition) is 5. The van der Waals surface area contributed by atoms with Crippen molar-refractivity contribution in [2.45, 2.75) is 24.7 Å². The van der Waals surface area contributed by atoms with E-state index in [1.165, 1.54) is 43.3 Å². The molecule has 3 rings (SSSR count). The molecule has 0 unspecified atom stereocenters. The van der Waals surface area contributed by atoms with E-state index < -0.39 is 21.9 Å². The van der Waals surface area contributed by atoms with Gasteiger partial charge in [-0.05, 0) is 48.4 Å². The van der Waals surface area contributed by atoms with Crippen LogP contribution in [0.2, 0.25) is 0 Å². The molecule has 1 heterocycles. The number of nitrogens with zero attached hydrogens (tertiary/aromatic N) is 1. The Labute approximate surface area is 173 Å². The fraction of sp³-hybridized carbons (Fsp3) is 0.250. The van der Waals surface area contributed by atoms with Gasteiger partial charge in [-0.15, -0.1) is 0 Å². The molecule has 3 N–H and O–H groups in total. The third-order valence-corrected chi connectivity index (χ3v) is 6.05. The van der Waals surface area contributed by atoms with E-state index >= 15 is 0 Å². The predicted octanol–water partition coefficient (Wildman–Crippen LogP) is 1.60. The van der Waals surface area contributed by atoms with Crippen molar-refractivity contribution < 1.29 is 27.9 Å². The third kappa shape index (κ3) is 4.77. The zero-order valence-electron chi connectivity index (χ0n) is 16.2. The van der Waals surface area contributed by atoms with Crippen molar-refractivity contribution in [2.24, 2.45) is 0 Å². The molecule has 0 spiro atoms. The minimum absolute atomic E-state index is 0.00183. The number of sulfonamides is 1. The average molecular weight is 431 g/mol. The van der Waals surface area contributed by atoms with Crippen LogP contribution in [0, 0.1) is 0 Å². The van der Waals surface area contributed by atoms with Crippen LogP contribution in [-0.4, -0.2) is 44.4 Å². The van der Waals surface area contributed by atoms with E-state index in [4.69, 9.17) is 5.11 Å². The van der Waals surface area contributed by atoms with Gasteiger partial charge in [-0.2, -0.15) is 0 Å². The van der Waals surface area contributed by atoms with E-state index in [0.717, 1.165) is 5.56 Å². The summed E-state index contributed by atoms with van der Waals surface area (Å²) >= 11 is 0. The molecule has 10 heteroatoms. The molecular formula is C20H21N3O6S. The summed E-state index contributed by atoms with van der Waals surface area (Å²) in [5.41, 5.74) is 2.06. The molecule has 0 saturated carbocycles. The second-order valence-electron chi connectivity index (χ2n) is 6.79. The highest BCUT2D eigenvalue weighted by Gasteiger charge is 2.25. The van der Waals surface area contributed by atoms with Crippen molar-refractivity contribution in [1.82, 2.24) is 5.32 Å².